The van der Waals surface area contributed by atoms with Crippen LogP contribution >= 0.6 is 0 Å². The van der Waals surface area contributed by atoms with Crippen LogP contribution in [0.5, 0.6) is 0 Å². The maximum Gasteiger partial charge on any atom is 0.339 e. The SMILES string of the molecule is CC(C)NC(=O)C(C)OC(=O)c1ccc(NC2CC2)c([N+](=O)[O-])c1. The molecule has 1 aliphatic carbocycles. The summed E-state index contributed by atoms with van der Waals surface area (Å²) in [5.41, 5.74) is 0.229. The van der Waals surface area contributed by atoms with Crippen molar-refractivity contribution in [2.45, 2.75) is 51.8 Å². The monoisotopic (exact) mass is 335 g/mol. The Labute approximate surface area is 139 Å². The molecule has 0 aliphatic heterocycles. The molecule has 1 atom stereocenters. The molecule has 8 nitrogen and oxygen atoms in total. The number of hydrogen-bond donors (Lipinski definition) is 2. The molecule has 130 valence electrons. The van der Waals surface area contributed by atoms with Crippen molar-refractivity contribution >= 4 is 23.3 Å². The van der Waals surface area contributed by atoms with Crippen molar-refractivity contribution in [1.29, 1.82) is 0 Å². The lowest BCUT2D eigenvalue weighted by Crippen LogP contribution is -2.39. The highest BCUT2D eigenvalue weighted by atomic mass is 16.6. The lowest BCUT2D eigenvalue weighted by molar-refractivity contribution is -0.384. The number of carbonyl (C=O) groups is 2. The third-order valence-electron chi connectivity index (χ3n) is 3.45. The van der Waals surface area contributed by atoms with E-state index in [2.05, 4.69) is 10.6 Å². The Balaban J connectivity index is 2.09. The standard InChI is InChI=1S/C16H21N3O5/c1-9(2)17-15(20)10(3)24-16(21)11-4-7-13(18-12-5-6-12)14(8-11)19(22)23/h4,7-10,12,18H,5-6H2,1-3H3,(H,17,20). The lowest BCUT2D eigenvalue weighted by Gasteiger charge is -2.15. The highest BCUT2D eigenvalue weighted by Crippen LogP contribution is 2.31. The van der Waals surface area contributed by atoms with Gasteiger partial charge in [-0.1, -0.05) is 0 Å². The number of carbonyl (C=O) groups excluding carboxylic acids is 2. The van der Waals surface area contributed by atoms with Crippen molar-refractivity contribution in [2.75, 3.05) is 5.32 Å². The Morgan fingerprint density at radius 1 is 1.29 bits per heavy atom. The van der Waals surface area contributed by atoms with Crippen molar-refractivity contribution in [1.82, 2.24) is 5.32 Å². The summed E-state index contributed by atoms with van der Waals surface area (Å²) >= 11 is 0. The fourth-order valence-electron chi connectivity index (χ4n) is 2.06. The molecule has 0 heterocycles. The van der Waals surface area contributed by atoms with Crippen molar-refractivity contribution in [3.8, 4) is 0 Å². The molecule has 0 spiro atoms. The van der Waals surface area contributed by atoms with E-state index in [1.54, 1.807) is 13.8 Å². The number of rotatable bonds is 7. The topological polar surface area (TPSA) is 111 Å². The van der Waals surface area contributed by atoms with Gasteiger partial charge in [0.1, 0.15) is 5.69 Å². The third kappa shape index (κ3) is 4.68. The van der Waals surface area contributed by atoms with E-state index in [4.69, 9.17) is 4.74 Å². The van der Waals surface area contributed by atoms with E-state index in [9.17, 15) is 19.7 Å². The van der Waals surface area contributed by atoms with Crippen LogP contribution in [0.25, 0.3) is 0 Å². The minimum Gasteiger partial charge on any atom is -0.449 e. The summed E-state index contributed by atoms with van der Waals surface area (Å²) < 4.78 is 5.07. The van der Waals surface area contributed by atoms with E-state index >= 15 is 0 Å². The normalized spacial score (nSPS) is 14.8. The second kappa shape index (κ2) is 7.29. The molecule has 2 rings (SSSR count). The quantitative estimate of drug-likeness (QED) is 0.449. The number of esters is 1. The number of nitro groups is 1. The van der Waals surface area contributed by atoms with Crippen LogP contribution in [-0.2, 0) is 9.53 Å². The Hall–Kier alpha value is -2.64. The average molecular weight is 335 g/mol. The fraction of sp³-hybridized carbons (Fsp3) is 0.500. The summed E-state index contributed by atoms with van der Waals surface area (Å²) in [6.45, 7) is 5.04. The fourth-order valence-corrected chi connectivity index (χ4v) is 2.06. The molecular weight excluding hydrogens is 314 g/mol. The van der Waals surface area contributed by atoms with Crippen LogP contribution in [0, 0.1) is 10.1 Å². The molecule has 1 aromatic rings. The first-order valence-corrected chi connectivity index (χ1v) is 7.84. The van der Waals surface area contributed by atoms with E-state index in [1.165, 1.54) is 25.1 Å². The molecule has 1 unspecified atom stereocenters. The number of amides is 1. The van der Waals surface area contributed by atoms with Crippen LogP contribution in [0.3, 0.4) is 0 Å². The maximum absolute atomic E-state index is 12.1. The van der Waals surface area contributed by atoms with Gasteiger partial charge in [-0.05, 0) is 45.7 Å². The van der Waals surface area contributed by atoms with Gasteiger partial charge in [0, 0.05) is 18.2 Å². The summed E-state index contributed by atoms with van der Waals surface area (Å²) in [4.78, 5) is 34.5. The van der Waals surface area contributed by atoms with Crippen molar-refractivity contribution < 1.29 is 19.2 Å². The molecule has 0 aromatic heterocycles. The van der Waals surface area contributed by atoms with Crippen LogP contribution in [0.2, 0.25) is 0 Å². The van der Waals surface area contributed by atoms with Crippen molar-refractivity contribution in [3.63, 3.8) is 0 Å². The summed E-state index contributed by atoms with van der Waals surface area (Å²) in [6, 6.07) is 4.29. The van der Waals surface area contributed by atoms with Crippen LogP contribution in [0.4, 0.5) is 11.4 Å². The van der Waals surface area contributed by atoms with Crippen molar-refractivity contribution in [3.05, 3.63) is 33.9 Å². The van der Waals surface area contributed by atoms with Gasteiger partial charge in [-0.3, -0.25) is 14.9 Å². The Kier molecular flexibility index (Phi) is 5.38. The number of nitro benzene ring substituents is 1. The minimum atomic E-state index is -0.983. The average Bonchev–Trinajstić information content (AvgIpc) is 3.30. The lowest BCUT2D eigenvalue weighted by atomic mass is 10.1. The second-order valence-corrected chi connectivity index (χ2v) is 6.12. The van der Waals surface area contributed by atoms with E-state index in [1.807, 2.05) is 0 Å². The zero-order valence-corrected chi connectivity index (χ0v) is 13.9. The highest BCUT2D eigenvalue weighted by Gasteiger charge is 2.26. The molecule has 1 amide bonds. The first-order chi connectivity index (χ1) is 11.3. The molecule has 1 aliphatic rings. The van der Waals surface area contributed by atoms with Crippen molar-refractivity contribution in [2.24, 2.45) is 0 Å². The van der Waals surface area contributed by atoms with Gasteiger partial charge >= 0.3 is 5.97 Å². The second-order valence-electron chi connectivity index (χ2n) is 6.12. The molecule has 1 aromatic carbocycles. The Morgan fingerprint density at radius 2 is 1.96 bits per heavy atom. The first kappa shape index (κ1) is 17.7. The van der Waals surface area contributed by atoms with Gasteiger partial charge in [-0.2, -0.15) is 0 Å². The third-order valence-corrected chi connectivity index (χ3v) is 3.45. The van der Waals surface area contributed by atoms with Gasteiger partial charge in [0.15, 0.2) is 6.10 Å². The smallest absolute Gasteiger partial charge is 0.339 e. The number of ether oxygens (including phenoxy) is 1. The summed E-state index contributed by atoms with van der Waals surface area (Å²) in [7, 11) is 0. The van der Waals surface area contributed by atoms with Crippen LogP contribution in [0.1, 0.15) is 44.0 Å². The van der Waals surface area contributed by atoms with Gasteiger partial charge in [0.2, 0.25) is 0 Å². The molecule has 0 bridgehead atoms. The predicted molar refractivity (Wildman–Crippen MR) is 87.9 cm³/mol. The van der Waals surface area contributed by atoms with Gasteiger partial charge in [0.05, 0.1) is 10.5 Å². The summed E-state index contributed by atoms with van der Waals surface area (Å²) in [6.07, 6.45) is 0.968. The number of nitrogens with zero attached hydrogens (tertiary/aromatic N) is 1. The molecular formula is C16H21N3O5. The highest BCUT2D eigenvalue weighted by molar-refractivity contribution is 5.93. The zero-order valence-electron chi connectivity index (χ0n) is 13.9. The van der Waals surface area contributed by atoms with Crippen LogP contribution < -0.4 is 10.6 Å². The van der Waals surface area contributed by atoms with Gasteiger partial charge in [-0.15, -0.1) is 0 Å². The van der Waals surface area contributed by atoms with Gasteiger partial charge in [0.25, 0.3) is 11.6 Å². The molecule has 8 heteroatoms. The predicted octanol–water partition coefficient (Wildman–Crippen LogP) is 2.24. The Morgan fingerprint density at radius 3 is 2.50 bits per heavy atom. The van der Waals surface area contributed by atoms with E-state index in [-0.39, 0.29) is 23.3 Å². The molecule has 24 heavy (non-hydrogen) atoms. The number of hydrogen-bond acceptors (Lipinski definition) is 6. The molecule has 1 saturated carbocycles. The minimum absolute atomic E-state index is 0.0345. The summed E-state index contributed by atoms with van der Waals surface area (Å²) in [5.74, 6) is -1.19. The van der Waals surface area contributed by atoms with Gasteiger partial charge < -0.3 is 15.4 Å². The van der Waals surface area contributed by atoms with Gasteiger partial charge in [-0.25, -0.2) is 4.79 Å². The molecule has 1 fully saturated rings. The van der Waals surface area contributed by atoms with Crippen LogP contribution in [0.15, 0.2) is 18.2 Å². The Bertz CT molecular complexity index is 655. The number of anilines is 1. The molecule has 2 N–H and O–H groups in total. The van der Waals surface area contributed by atoms with E-state index in [0.29, 0.717) is 5.69 Å². The summed E-state index contributed by atoms with van der Waals surface area (Å²) in [5, 5.41) is 16.9. The largest absolute Gasteiger partial charge is 0.449 e. The number of nitrogens with one attached hydrogen (secondary N) is 2. The molecule has 0 radical (unpaired) electrons. The van der Waals surface area contributed by atoms with E-state index < -0.39 is 22.9 Å². The number of benzene rings is 1. The van der Waals surface area contributed by atoms with Crippen LogP contribution in [-0.4, -0.2) is 35.0 Å². The zero-order chi connectivity index (χ0) is 17.9. The first-order valence-electron chi connectivity index (χ1n) is 7.84. The maximum atomic E-state index is 12.1. The van der Waals surface area contributed by atoms with E-state index in [0.717, 1.165) is 12.8 Å². The molecule has 0 saturated heterocycles.